The summed E-state index contributed by atoms with van der Waals surface area (Å²) in [5, 5.41) is 4.71. The number of para-hydroxylation sites is 1. The van der Waals surface area contributed by atoms with Gasteiger partial charge in [0.15, 0.2) is 0 Å². The third-order valence-electron chi connectivity index (χ3n) is 5.57. The van der Waals surface area contributed by atoms with Crippen LogP contribution in [-0.4, -0.2) is 42.5 Å². The van der Waals surface area contributed by atoms with Crippen LogP contribution in [0.4, 0.5) is 5.69 Å². The van der Waals surface area contributed by atoms with Gasteiger partial charge in [0.25, 0.3) is 0 Å². The van der Waals surface area contributed by atoms with Gasteiger partial charge in [-0.1, -0.05) is 48.9 Å². The van der Waals surface area contributed by atoms with Crippen LogP contribution in [0.25, 0.3) is 10.9 Å². The fourth-order valence-corrected chi connectivity index (χ4v) is 6.23. The van der Waals surface area contributed by atoms with Crippen LogP contribution in [0.1, 0.15) is 31.2 Å². The lowest BCUT2D eigenvalue weighted by molar-refractivity contribution is -0.113. The Hall–Kier alpha value is -2.42. The third kappa shape index (κ3) is 5.31. The number of sulfonamides is 1. The van der Waals surface area contributed by atoms with Gasteiger partial charge in [-0.25, -0.2) is 13.4 Å². The van der Waals surface area contributed by atoms with E-state index in [-0.39, 0.29) is 16.6 Å². The minimum absolute atomic E-state index is 0.188. The summed E-state index contributed by atoms with van der Waals surface area (Å²) < 4.78 is 27.6. The molecule has 0 bridgehead atoms. The number of carbonyl (C=O) groups is 1. The first-order chi connectivity index (χ1) is 15.4. The van der Waals surface area contributed by atoms with Crippen molar-refractivity contribution in [3.63, 3.8) is 0 Å². The van der Waals surface area contributed by atoms with Crippen LogP contribution in [0.2, 0.25) is 0 Å². The Morgan fingerprint density at radius 1 is 1.03 bits per heavy atom. The summed E-state index contributed by atoms with van der Waals surface area (Å²) >= 11 is 1.36. The highest BCUT2D eigenvalue weighted by Crippen LogP contribution is 2.25. The average Bonchev–Trinajstić information content (AvgIpc) is 3.08. The van der Waals surface area contributed by atoms with Crippen LogP contribution in [0.15, 0.2) is 64.5 Å². The van der Waals surface area contributed by atoms with E-state index in [0.29, 0.717) is 18.8 Å². The number of nitrogens with zero attached hydrogens (tertiary/aromatic N) is 2. The van der Waals surface area contributed by atoms with E-state index < -0.39 is 10.0 Å². The molecular formula is C24H27N3O3S2. The maximum Gasteiger partial charge on any atom is 0.243 e. The van der Waals surface area contributed by atoms with E-state index in [1.54, 1.807) is 28.6 Å². The second kappa shape index (κ2) is 10.0. The zero-order valence-corrected chi connectivity index (χ0v) is 19.7. The first kappa shape index (κ1) is 22.8. The van der Waals surface area contributed by atoms with Crippen LogP contribution >= 0.6 is 11.8 Å². The largest absolute Gasteiger partial charge is 0.325 e. The van der Waals surface area contributed by atoms with Crippen LogP contribution < -0.4 is 5.32 Å². The van der Waals surface area contributed by atoms with E-state index in [2.05, 4.69) is 10.3 Å². The van der Waals surface area contributed by atoms with Gasteiger partial charge >= 0.3 is 0 Å². The van der Waals surface area contributed by atoms with Crippen LogP contribution in [0.5, 0.6) is 0 Å². The van der Waals surface area contributed by atoms with E-state index in [1.165, 1.54) is 11.8 Å². The van der Waals surface area contributed by atoms with Crippen molar-refractivity contribution in [2.75, 3.05) is 24.2 Å². The number of benzene rings is 2. The van der Waals surface area contributed by atoms with Crippen LogP contribution in [0.3, 0.4) is 0 Å². The Morgan fingerprint density at radius 2 is 1.78 bits per heavy atom. The molecule has 168 valence electrons. The Kier molecular flexibility index (Phi) is 7.13. The number of hydrogen-bond acceptors (Lipinski definition) is 5. The number of hydrogen-bond donors (Lipinski definition) is 1. The minimum atomic E-state index is -3.56. The lowest BCUT2D eigenvalue weighted by atomic mass is 10.1. The van der Waals surface area contributed by atoms with Crippen molar-refractivity contribution in [2.45, 2.75) is 42.5 Å². The zero-order chi connectivity index (χ0) is 22.6. The quantitative estimate of drug-likeness (QED) is 0.523. The number of aryl methyl sites for hydroxylation is 1. The summed E-state index contributed by atoms with van der Waals surface area (Å²) in [6.07, 6.45) is 3.89. The van der Waals surface area contributed by atoms with Gasteiger partial charge in [-0.15, -0.1) is 0 Å². The molecule has 1 saturated heterocycles. The molecule has 2 aromatic carbocycles. The van der Waals surface area contributed by atoms with Crippen LogP contribution in [0, 0.1) is 6.92 Å². The Morgan fingerprint density at radius 3 is 2.56 bits per heavy atom. The monoisotopic (exact) mass is 469 g/mol. The minimum Gasteiger partial charge on any atom is -0.325 e. The standard InChI is InChI=1S/C24H27N3O3S2/c1-18-15-24(26-22-12-5-4-11-21(18)22)31-17-23(28)25-19-9-8-10-20(16-19)32(29,30)27-13-6-2-3-7-14-27/h4-5,8-12,15-16H,2-3,6-7,13-14,17H2,1H3,(H,25,28). The normalized spacial score (nSPS) is 15.4. The van der Waals surface area contributed by atoms with E-state index in [0.717, 1.165) is 47.2 Å². The highest BCUT2D eigenvalue weighted by molar-refractivity contribution is 7.99. The lowest BCUT2D eigenvalue weighted by Crippen LogP contribution is -2.32. The van der Waals surface area contributed by atoms with Gasteiger partial charge in [-0.3, -0.25) is 4.79 Å². The summed E-state index contributed by atoms with van der Waals surface area (Å²) in [4.78, 5) is 17.4. The predicted molar refractivity (Wildman–Crippen MR) is 130 cm³/mol. The van der Waals surface area contributed by atoms with Crippen molar-refractivity contribution >= 4 is 44.3 Å². The molecular weight excluding hydrogens is 442 g/mol. The Labute approximate surface area is 193 Å². The molecule has 6 nitrogen and oxygen atoms in total. The fraction of sp³-hybridized carbons (Fsp3) is 0.333. The summed E-state index contributed by atoms with van der Waals surface area (Å²) in [6.45, 7) is 3.13. The maximum absolute atomic E-state index is 13.0. The molecule has 3 aromatic rings. The highest BCUT2D eigenvalue weighted by atomic mass is 32.2. The second-order valence-electron chi connectivity index (χ2n) is 7.98. The van der Waals surface area contributed by atoms with Gasteiger partial charge in [0.05, 0.1) is 21.2 Å². The lowest BCUT2D eigenvalue weighted by Gasteiger charge is -2.20. The van der Waals surface area contributed by atoms with Crippen molar-refractivity contribution < 1.29 is 13.2 Å². The van der Waals surface area contributed by atoms with E-state index in [1.807, 2.05) is 37.3 Å². The molecule has 0 aliphatic carbocycles. The molecule has 1 N–H and O–H groups in total. The first-order valence-corrected chi connectivity index (χ1v) is 13.3. The molecule has 1 aliphatic rings. The summed E-state index contributed by atoms with van der Waals surface area (Å²) in [5.74, 6) is -0.0135. The molecule has 1 amide bonds. The highest BCUT2D eigenvalue weighted by Gasteiger charge is 2.25. The summed E-state index contributed by atoms with van der Waals surface area (Å²) in [6, 6.07) is 16.4. The molecule has 4 rings (SSSR count). The maximum atomic E-state index is 13.0. The van der Waals surface area contributed by atoms with Crippen molar-refractivity contribution in [1.29, 1.82) is 0 Å². The molecule has 0 saturated carbocycles. The molecule has 0 unspecified atom stereocenters. The molecule has 0 radical (unpaired) electrons. The van der Waals surface area contributed by atoms with Gasteiger partial charge in [-0.05, 0) is 55.7 Å². The number of thioether (sulfide) groups is 1. The van der Waals surface area contributed by atoms with E-state index >= 15 is 0 Å². The third-order valence-corrected chi connectivity index (χ3v) is 8.38. The summed E-state index contributed by atoms with van der Waals surface area (Å²) in [5.41, 5.74) is 2.50. The fourth-order valence-electron chi connectivity index (χ4n) is 3.89. The molecule has 1 fully saturated rings. The van der Waals surface area contributed by atoms with Gasteiger partial charge < -0.3 is 5.32 Å². The number of anilines is 1. The summed E-state index contributed by atoms with van der Waals surface area (Å²) in [7, 11) is -3.56. The number of fused-ring (bicyclic) bond motifs is 1. The van der Waals surface area contributed by atoms with Crippen molar-refractivity contribution in [1.82, 2.24) is 9.29 Å². The number of nitrogens with one attached hydrogen (secondary N) is 1. The number of rotatable bonds is 6. The molecule has 8 heteroatoms. The van der Waals surface area contributed by atoms with E-state index in [9.17, 15) is 13.2 Å². The van der Waals surface area contributed by atoms with Crippen LogP contribution in [-0.2, 0) is 14.8 Å². The zero-order valence-electron chi connectivity index (χ0n) is 18.1. The van der Waals surface area contributed by atoms with Crippen molar-refractivity contribution in [2.24, 2.45) is 0 Å². The first-order valence-electron chi connectivity index (χ1n) is 10.8. The van der Waals surface area contributed by atoms with Crippen molar-refractivity contribution in [3.05, 3.63) is 60.2 Å². The molecule has 0 spiro atoms. The van der Waals surface area contributed by atoms with Gasteiger partial charge in [0.1, 0.15) is 0 Å². The predicted octanol–water partition coefficient (Wildman–Crippen LogP) is 4.84. The van der Waals surface area contributed by atoms with Crippen molar-refractivity contribution in [3.8, 4) is 0 Å². The number of pyridine rings is 1. The molecule has 2 heterocycles. The number of aromatic nitrogens is 1. The number of carbonyl (C=O) groups excluding carboxylic acids is 1. The van der Waals surface area contributed by atoms with Gasteiger partial charge in [-0.2, -0.15) is 4.31 Å². The van der Waals surface area contributed by atoms with E-state index in [4.69, 9.17) is 0 Å². The smallest absolute Gasteiger partial charge is 0.243 e. The SMILES string of the molecule is Cc1cc(SCC(=O)Nc2cccc(S(=O)(=O)N3CCCCCC3)c2)nc2ccccc12. The second-order valence-corrected chi connectivity index (χ2v) is 10.9. The molecule has 32 heavy (non-hydrogen) atoms. The van der Waals surface area contributed by atoms with Gasteiger partial charge in [0.2, 0.25) is 15.9 Å². The molecule has 1 aliphatic heterocycles. The molecule has 1 aromatic heterocycles. The van der Waals surface area contributed by atoms with Gasteiger partial charge in [0, 0.05) is 24.2 Å². The Bertz CT molecular complexity index is 1220. The molecule has 0 atom stereocenters. The topological polar surface area (TPSA) is 79.4 Å². The average molecular weight is 470 g/mol. The number of amides is 1. The Balaban J connectivity index is 1.42.